The SMILES string of the molecule is CCCC(=O)N1CCN(CCCOC)CC1. The first-order chi connectivity index (χ1) is 7.77. The van der Waals surface area contributed by atoms with E-state index in [1.807, 2.05) is 4.90 Å². The predicted octanol–water partition coefficient (Wildman–Crippen LogP) is 0.967. The Balaban J connectivity index is 2.15. The highest BCUT2D eigenvalue weighted by atomic mass is 16.5. The number of carbonyl (C=O) groups is 1. The molecule has 0 aromatic carbocycles. The summed E-state index contributed by atoms with van der Waals surface area (Å²) >= 11 is 0. The molecule has 1 fully saturated rings. The van der Waals surface area contributed by atoms with Gasteiger partial charge in [-0.25, -0.2) is 0 Å². The van der Waals surface area contributed by atoms with Crippen LogP contribution in [0.25, 0.3) is 0 Å². The molecule has 4 nitrogen and oxygen atoms in total. The van der Waals surface area contributed by atoms with Crippen LogP contribution in [0, 0.1) is 0 Å². The van der Waals surface area contributed by atoms with Crippen molar-refractivity contribution >= 4 is 5.91 Å². The molecule has 1 amide bonds. The Kier molecular flexibility index (Phi) is 6.42. The normalized spacial score (nSPS) is 17.8. The fourth-order valence-electron chi connectivity index (χ4n) is 2.03. The summed E-state index contributed by atoms with van der Waals surface area (Å²) in [5, 5.41) is 0. The first kappa shape index (κ1) is 13.5. The summed E-state index contributed by atoms with van der Waals surface area (Å²) in [6.07, 6.45) is 2.73. The van der Waals surface area contributed by atoms with Crippen molar-refractivity contribution in [2.75, 3.05) is 46.4 Å². The van der Waals surface area contributed by atoms with E-state index in [1.54, 1.807) is 7.11 Å². The Hall–Kier alpha value is -0.610. The number of amides is 1. The van der Waals surface area contributed by atoms with Crippen molar-refractivity contribution in [3.63, 3.8) is 0 Å². The molecule has 4 heteroatoms. The molecule has 0 atom stereocenters. The molecule has 16 heavy (non-hydrogen) atoms. The fraction of sp³-hybridized carbons (Fsp3) is 0.917. The standard InChI is InChI=1S/C12H24N2O2/c1-3-5-12(15)14-9-7-13(8-10-14)6-4-11-16-2/h3-11H2,1-2H3. The zero-order valence-corrected chi connectivity index (χ0v) is 10.6. The second-order valence-electron chi connectivity index (χ2n) is 4.32. The summed E-state index contributed by atoms with van der Waals surface area (Å²) in [5.74, 6) is 0.319. The van der Waals surface area contributed by atoms with Crippen molar-refractivity contribution in [2.45, 2.75) is 26.2 Å². The number of ether oxygens (including phenoxy) is 1. The van der Waals surface area contributed by atoms with Gasteiger partial charge in [0.1, 0.15) is 0 Å². The monoisotopic (exact) mass is 228 g/mol. The second kappa shape index (κ2) is 7.63. The fourth-order valence-corrected chi connectivity index (χ4v) is 2.03. The maximum absolute atomic E-state index is 11.7. The van der Waals surface area contributed by atoms with E-state index < -0.39 is 0 Å². The van der Waals surface area contributed by atoms with Crippen LogP contribution in [0.4, 0.5) is 0 Å². The molecule has 0 spiro atoms. The summed E-state index contributed by atoms with van der Waals surface area (Å²) < 4.78 is 5.03. The highest BCUT2D eigenvalue weighted by Crippen LogP contribution is 2.05. The van der Waals surface area contributed by atoms with Crippen LogP contribution >= 0.6 is 0 Å². The molecule has 1 aliphatic rings. The lowest BCUT2D eigenvalue weighted by Crippen LogP contribution is -2.48. The van der Waals surface area contributed by atoms with Crippen LogP contribution < -0.4 is 0 Å². The van der Waals surface area contributed by atoms with E-state index in [2.05, 4.69) is 11.8 Å². The van der Waals surface area contributed by atoms with E-state index in [-0.39, 0.29) is 0 Å². The van der Waals surface area contributed by atoms with Crippen molar-refractivity contribution in [1.82, 2.24) is 9.80 Å². The molecule has 0 aromatic rings. The summed E-state index contributed by atoms with van der Waals surface area (Å²) in [6.45, 7) is 7.79. The minimum atomic E-state index is 0.319. The van der Waals surface area contributed by atoms with E-state index in [4.69, 9.17) is 4.74 Å². The number of nitrogens with zero attached hydrogens (tertiary/aromatic N) is 2. The summed E-state index contributed by atoms with van der Waals surface area (Å²) in [6, 6.07) is 0. The average Bonchev–Trinajstić information content (AvgIpc) is 2.30. The Morgan fingerprint density at radius 3 is 2.50 bits per heavy atom. The molecule has 1 saturated heterocycles. The lowest BCUT2D eigenvalue weighted by atomic mass is 10.2. The van der Waals surface area contributed by atoms with Gasteiger partial charge in [0.05, 0.1) is 0 Å². The third-order valence-electron chi connectivity index (χ3n) is 3.01. The largest absolute Gasteiger partial charge is 0.385 e. The lowest BCUT2D eigenvalue weighted by molar-refractivity contribution is -0.133. The van der Waals surface area contributed by atoms with Gasteiger partial charge in [0.2, 0.25) is 5.91 Å². The smallest absolute Gasteiger partial charge is 0.222 e. The molecule has 0 aromatic heterocycles. The third kappa shape index (κ3) is 4.49. The topological polar surface area (TPSA) is 32.8 Å². The second-order valence-corrected chi connectivity index (χ2v) is 4.32. The number of rotatable bonds is 6. The van der Waals surface area contributed by atoms with Gasteiger partial charge in [-0.3, -0.25) is 9.69 Å². The van der Waals surface area contributed by atoms with Gasteiger partial charge in [0.15, 0.2) is 0 Å². The lowest BCUT2D eigenvalue weighted by Gasteiger charge is -2.34. The Morgan fingerprint density at radius 1 is 1.25 bits per heavy atom. The van der Waals surface area contributed by atoms with Crippen LogP contribution in [0.15, 0.2) is 0 Å². The van der Waals surface area contributed by atoms with E-state index >= 15 is 0 Å². The highest BCUT2D eigenvalue weighted by Gasteiger charge is 2.19. The van der Waals surface area contributed by atoms with Crippen molar-refractivity contribution in [3.05, 3.63) is 0 Å². The van der Waals surface area contributed by atoms with Gasteiger partial charge in [-0.15, -0.1) is 0 Å². The van der Waals surface area contributed by atoms with E-state index in [9.17, 15) is 4.79 Å². The van der Waals surface area contributed by atoms with Gasteiger partial charge in [-0.05, 0) is 12.8 Å². The molecule has 0 N–H and O–H groups in total. The van der Waals surface area contributed by atoms with Crippen molar-refractivity contribution < 1.29 is 9.53 Å². The molecule has 1 rings (SSSR count). The number of methoxy groups -OCH3 is 1. The van der Waals surface area contributed by atoms with Crippen LogP contribution in [0.3, 0.4) is 0 Å². The quantitative estimate of drug-likeness (QED) is 0.635. The molecular weight excluding hydrogens is 204 g/mol. The number of hydrogen-bond donors (Lipinski definition) is 0. The molecule has 0 radical (unpaired) electrons. The molecule has 94 valence electrons. The Morgan fingerprint density at radius 2 is 1.94 bits per heavy atom. The van der Waals surface area contributed by atoms with Crippen LogP contribution in [-0.4, -0.2) is 62.1 Å². The van der Waals surface area contributed by atoms with Crippen LogP contribution in [0.2, 0.25) is 0 Å². The van der Waals surface area contributed by atoms with Gasteiger partial charge in [0, 0.05) is 52.9 Å². The zero-order valence-electron chi connectivity index (χ0n) is 10.6. The third-order valence-corrected chi connectivity index (χ3v) is 3.01. The van der Waals surface area contributed by atoms with E-state index in [0.29, 0.717) is 12.3 Å². The average molecular weight is 228 g/mol. The van der Waals surface area contributed by atoms with Crippen molar-refractivity contribution in [2.24, 2.45) is 0 Å². The maximum Gasteiger partial charge on any atom is 0.222 e. The molecule has 0 saturated carbocycles. The van der Waals surface area contributed by atoms with Crippen LogP contribution in [-0.2, 0) is 9.53 Å². The molecule has 0 bridgehead atoms. The van der Waals surface area contributed by atoms with E-state index in [0.717, 1.165) is 52.2 Å². The van der Waals surface area contributed by atoms with Crippen LogP contribution in [0.1, 0.15) is 26.2 Å². The Bertz CT molecular complexity index is 201. The number of carbonyl (C=O) groups excluding carboxylic acids is 1. The van der Waals surface area contributed by atoms with Gasteiger partial charge >= 0.3 is 0 Å². The minimum Gasteiger partial charge on any atom is -0.385 e. The maximum atomic E-state index is 11.7. The highest BCUT2D eigenvalue weighted by molar-refractivity contribution is 5.76. The first-order valence-corrected chi connectivity index (χ1v) is 6.27. The zero-order chi connectivity index (χ0) is 11.8. The molecule has 1 aliphatic heterocycles. The van der Waals surface area contributed by atoms with Gasteiger partial charge in [0.25, 0.3) is 0 Å². The summed E-state index contributed by atoms with van der Waals surface area (Å²) in [4.78, 5) is 16.1. The van der Waals surface area contributed by atoms with Gasteiger partial charge < -0.3 is 9.64 Å². The number of hydrogen-bond acceptors (Lipinski definition) is 3. The molecular formula is C12H24N2O2. The Labute approximate surface area is 98.5 Å². The van der Waals surface area contributed by atoms with Crippen molar-refractivity contribution in [3.8, 4) is 0 Å². The van der Waals surface area contributed by atoms with Crippen LogP contribution in [0.5, 0.6) is 0 Å². The van der Waals surface area contributed by atoms with Gasteiger partial charge in [-0.2, -0.15) is 0 Å². The minimum absolute atomic E-state index is 0.319. The summed E-state index contributed by atoms with van der Waals surface area (Å²) in [5.41, 5.74) is 0. The van der Waals surface area contributed by atoms with E-state index in [1.165, 1.54) is 0 Å². The first-order valence-electron chi connectivity index (χ1n) is 6.27. The number of piperazine rings is 1. The molecule has 0 unspecified atom stereocenters. The predicted molar refractivity (Wildman–Crippen MR) is 64.4 cm³/mol. The molecule has 1 heterocycles. The summed E-state index contributed by atoms with van der Waals surface area (Å²) in [7, 11) is 1.74. The molecule has 0 aliphatic carbocycles. The van der Waals surface area contributed by atoms with Gasteiger partial charge in [-0.1, -0.05) is 6.92 Å². The van der Waals surface area contributed by atoms with Crippen molar-refractivity contribution in [1.29, 1.82) is 0 Å².